The molecule has 1 rings (SSSR count). The predicted octanol–water partition coefficient (Wildman–Crippen LogP) is 0.570. The summed E-state index contributed by atoms with van der Waals surface area (Å²) in [6.45, 7) is 3.49. The molecule has 1 aliphatic heterocycles. The third kappa shape index (κ3) is 4.86. The molecule has 0 aliphatic carbocycles. The van der Waals surface area contributed by atoms with Gasteiger partial charge in [0.15, 0.2) is 0 Å². The zero-order chi connectivity index (χ0) is 11.1. The molecule has 1 unspecified atom stereocenters. The van der Waals surface area contributed by atoms with E-state index >= 15 is 0 Å². The highest BCUT2D eigenvalue weighted by molar-refractivity contribution is 7.81. The lowest BCUT2D eigenvalue weighted by Crippen LogP contribution is -2.27. The Hall–Kier alpha value is -0.260. The summed E-state index contributed by atoms with van der Waals surface area (Å²) in [5.41, 5.74) is 0. The van der Waals surface area contributed by atoms with Crippen molar-refractivity contribution in [3.8, 4) is 0 Å². The molecule has 1 amide bonds. The molecule has 5 heteroatoms. The van der Waals surface area contributed by atoms with Crippen LogP contribution in [-0.4, -0.2) is 56.1 Å². The van der Waals surface area contributed by atoms with E-state index in [-0.39, 0.29) is 11.2 Å². The van der Waals surface area contributed by atoms with Gasteiger partial charge in [-0.25, -0.2) is 0 Å². The highest BCUT2D eigenvalue weighted by Crippen LogP contribution is 2.15. The first-order chi connectivity index (χ1) is 7.24. The predicted molar refractivity (Wildman–Crippen MR) is 61.3 cm³/mol. The van der Waals surface area contributed by atoms with Crippen LogP contribution in [-0.2, 0) is 14.3 Å². The normalized spacial score (nSPS) is 21.3. The first kappa shape index (κ1) is 12.8. The van der Waals surface area contributed by atoms with E-state index in [1.807, 2.05) is 4.90 Å². The van der Waals surface area contributed by atoms with Gasteiger partial charge in [-0.2, -0.15) is 12.6 Å². The van der Waals surface area contributed by atoms with Crippen molar-refractivity contribution < 1.29 is 14.3 Å². The van der Waals surface area contributed by atoms with Crippen LogP contribution in [0.15, 0.2) is 0 Å². The van der Waals surface area contributed by atoms with Gasteiger partial charge in [0.05, 0.1) is 13.2 Å². The van der Waals surface area contributed by atoms with Crippen LogP contribution in [0, 0.1) is 0 Å². The summed E-state index contributed by atoms with van der Waals surface area (Å²) < 4.78 is 10.2. The number of hydrogen-bond acceptors (Lipinski definition) is 4. The van der Waals surface area contributed by atoms with Gasteiger partial charge in [0.25, 0.3) is 0 Å². The first-order valence-corrected chi connectivity index (χ1v) is 5.78. The first-order valence-electron chi connectivity index (χ1n) is 5.26. The van der Waals surface area contributed by atoms with Crippen molar-refractivity contribution >= 4 is 18.5 Å². The molecule has 1 atom stereocenters. The zero-order valence-electron chi connectivity index (χ0n) is 9.15. The number of hydrogen-bond donors (Lipinski definition) is 1. The summed E-state index contributed by atoms with van der Waals surface area (Å²) in [6, 6.07) is 0. The molecule has 1 fully saturated rings. The summed E-state index contributed by atoms with van der Waals surface area (Å²) in [4.78, 5) is 13.2. The van der Waals surface area contributed by atoms with Crippen LogP contribution in [0.5, 0.6) is 0 Å². The maximum Gasteiger partial charge on any atom is 0.223 e. The Balaban J connectivity index is 1.98. The fourth-order valence-corrected chi connectivity index (χ4v) is 1.92. The number of nitrogens with zero attached hydrogens (tertiary/aromatic N) is 1. The SMILES string of the molecule is COCCOCCCN1CC(S)CC1=O. The number of rotatable bonds is 7. The van der Waals surface area contributed by atoms with E-state index in [9.17, 15) is 4.79 Å². The van der Waals surface area contributed by atoms with Gasteiger partial charge in [0.1, 0.15) is 0 Å². The van der Waals surface area contributed by atoms with Crippen LogP contribution < -0.4 is 0 Å². The number of carbonyl (C=O) groups is 1. The number of amides is 1. The van der Waals surface area contributed by atoms with E-state index in [1.165, 1.54) is 0 Å². The monoisotopic (exact) mass is 233 g/mol. The van der Waals surface area contributed by atoms with Crippen molar-refractivity contribution in [2.45, 2.75) is 18.1 Å². The standard InChI is InChI=1S/C10H19NO3S/c1-13-5-6-14-4-2-3-11-8-9(15)7-10(11)12/h9,15H,2-8H2,1H3. The second-order valence-electron chi connectivity index (χ2n) is 3.66. The van der Waals surface area contributed by atoms with E-state index in [2.05, 4.69) is 12.6 Å². The molecule has 4 nitrogen and oxygen atoms in total. The average Bonchev–Trinajstić information content (AvgIpc) is 2.51. The molecule has 88 valence electrons. The van der Waals surface area contributed by atoms with E-state index in [0.29, 0.717) is 26.2 Å². The molecule has 0 N–H and O–H groups in total. The summed E-state index contributed by atoms with van der Waals surface area (Å²) in [7, 11) is 1.65. The third-order valence-corrected chi connectivity index (χ3v) is 2.69. The van der Waals surface area contributed by atoms with E-state index in [1.54, 1.807) is 7.11 Å². The van der Waals surface area contributed by atoms with Gasteiger partial charge in [-0.3, -0.25) is 4.79 Å². The highest BCUT2D eigenvalue weighted by Gasteiger charge is 2.26. The van der Waals surface area contributed by atoms with Crippen LogP contribution in [0.3, 0.4) is 0 Å². The quantitative estimate of drug-likeness (QED) is 0.516. The molecular weight excluding hydrogens is 214 g/mol. The van der Waals surface area contributed by atoms with Crippen LogP contribution in [0.1, 0.15) is 12.8 Å². The smallest absolute Gasteiger partial charge is 0.223 e. The molecule has 0 spiro atoms. The molecule has 1 saturated heterocycles. The lowest BCUT2D eigenvalue weighted by molar-refractivity contribution is -0.127. The summed E-state index contributed by atoms with van der Waals surface area (Å²) in [6.07, 6.45) is 1.46. The van der Waals surface area contributed by atoms with Gasteiger partial charge in [-0.15, -0.1) is 0 Å². The maximum absolute atomic E-state index is 11.4. The molecular formula is C10H19NO3S. The molecule has 0 aromatic carbocycles. The van der Waals surface area contributed by atoms with Crippen LogP contribution in [0.25, 0.3) is 0 Å². The molecule has 0 bridgehead atoms. The van der Waals surface area contributed by atoms with Gasteiger partial charge in [-0.05, 0) is 6.42 Å². The Kier molecular flexibility index (Phi) is 6.05. The number of methoxy groups -OCH3 is 1. The maximum atomic E-state index is 11.4. The van der Waals surface area contributed by atoms with Crippen molar-refractivity contribution in [2.24, 2.45) is 0 Å². The summed E-state index contributed by atoms with van der Waals surface area (Å²) in [5.74, 6) is 0.215. The molecule has 1 heterocycles. The molecule has 0 aromatic rings. The summed E-state index contributed by atoms with van der Waals surface area (Å²) in [5, 5.41) is 0.215. The largest absolute Gasteiger partial charge is 0.382 e. The fourth-order valence-electron chi connectivity index (χ4n) is 1.57. The third-order valence-electron chi connectivity index (χ3n) is 2.34. The molecule has 0 aromatic heterocycles. The second kappa shape index (κ2) is 7.09. The molecule has 15 heavy (non-hydrogen) atoms. The van der Waals surface area contributed by atoms with Crippen molar-refractivity contribution in [1.29, 1.82) is 0 Å². The van der Waals surface area contributed by atoms with Gasteiger partial charge in [0.2, 0.25) is 5.91 Å². The molecule has 0 radical (unpaired) electrons. The minimum Gasteiger partial charge on any atom is -0.382 e. The lowest BCUT2D eigenvalue weighted by atomic mass is 10.4. The highest BCUT2D eigenvalue weighted by atomic mass is 32.1. The van der Waals surface area contributed by atoms with Crippen LogP contribution in [0.4, 0.5) is 0 Å². The van der Waals surface area contributed by atoms with Crippen LogP contribution in [0.2, 0.25) is 0 Å². The number of carbonyl (C=O) groups excluding carboxylic acids is 1. The average molecular weight is 233 g/mol. The van der Waals surface area contributed by atoms with Crippen LogP contribution >= 0.6 is 12.6 Å². The Bertz CT molecular complexity index is 201. The van der Waals surface area contributed by atoms with Gasteiger partial charge < -0.3 is 14.4 Å². The van der Waals surface area contributed by atoms with Crippen molar-refractivity contribution in [3.63, 3.8) is 0 Å². The Morgan fingerprint density at radius 3 is 2.87 bits per heavy atom. The number of thiol groups is 1. The fraction of sp³-hybridized carbons (Fsp3) is 0.900. The zero-order valence-corrected chi connectivity index (χ0v) is 10.0. The van der Waals surface area contributed by atoms with Gasteiger partial charge >= 0.3 is 0 Å². The Morgan fingerprint density at radius 2 is 2.27 bits per heavy atom. The number of likely N-dealkylation sites (tertiary alicyclic amines) is 1. The van der Waals surface area contributed by atoms with Crippen molar-refractivity contribution in [3.05, 3.63) is 0 Å². The Labute approximate surface area is 96.3 Å². The van der Waals surface area contributed by atoms with E-state index in [0.717, 1.165) is 19.5 Å². The lowest BCUT2D eigenvalue weighted by Gasteiger charge is -2.15. The van der Waals surface area contributed by atoms with Gasteiger partial charge in [-0.1, -0.05) is 0 Å². The molecule has 1 aliphatic rings. The van der Waals surface area contributed by atoms with E-state index in [4.69, 9.17) is 9.47 Å². The van der Waals surface area contributed by atoms with Gasteiger partial charge in [0, 0.05) is 38.5 Å². The second-order valence-corrected chi connectivity index (χ2v) is 4.39. The van der Waals surface area contributed by atoms with E-state index < -0.39 is 0 Å². The molecule has 0 saturated carbocycles. The number of ether oxygens (including phenoxy) is 2. The minimum absolute atomic E-state index is 0.215. The summed E-state index contributed by atoms with van der Waals surface area (Å²) >= 11 is 4.29. The minimum atomic E-state index is 0.215. The van der Waals surface area contributed by atoms with Crippen molar-refractivity contribution in [2.75, 3.05) is 40.0 Å². The topological polar surface area (TPSA) is 38.8 Å². The van der Waals surface area contributed by atoms with Crippen molar-refractivity contribution in [1.82, 2.24) is 4.90 Å². The Morgan fingerprint density at radius 1 is 1.47 bits per heavy atom.